The van der Waals surface area contributed by atoms with E-state index in [0.717, 1.165) is 17.7 Å². The Morgan fingerprint density at radius 2 is 2.26 bits per heavy atom. The van der Waals surface area contributed by atoms with Crippen LogP contribution in [-0.2, 0) is 0 Å². The Morgan fingerprint density at radius 3 is 3.11 bits per heavy atom. The maximum Gasteiger partial charge on any atom is 0.234 e. The van der Waals surface area contributed by atoms with Gasteiger partial charge in [0.25, 0.3) is 0 Å². The standard InChI is InChI=1S/C13H15N3O3/c14-10(7-17)12-15-13(19-16-12)9-5-6-18-11-4-2-1-3-8(9)11/h1-4,9-10,17H,5-7,14H2. The lowest BCUT2D eigenvalue weighted by molar-refractivity contribution is 0.252. The quantitative estimate of drug-likeness (QED) is 0.855. The second-order valence-corrected chi connectivity index (χ2v) is 4.51. The molecule has 100 valence electrons. The maximum atomic E-state index is 9.00. The van der Waals surface area contributed by atoms with E-state index in [0.29, 0.717) is 18.3 Å². The summed E-state index contributed by atoms with van der Waals surface area (Å²) in [6, 6.07) is 7.21. The van der Waals surface area contributed by atoms with Crippen molar-refractivity contribution in [2.45, 2.75) is 18.4 Å². The van der Waals surface area contributed by atoms with E-state index in [1.807, 2.05) is 24.3 Å². The van der Waals surface area contributed by atoms with Gasteiger partial charge in [0.15, 0.2) is 5.82 Å². The number of rotatable bonds is 3. The Balaban J connectivity index is 1.93. The zero-order valence-corrected chi connectivity index (χ0v) is 10.3. The first-order valence-corrected chi connectivity index (χ1v) is 6.21. The molecule has 2 heterocycles. The number of hydrogen-bond donors (Lipinski definition) is 2. The zero-order chi connectivity index (χ0) is 13.2. The van der Waals surface area contributed by atoms with Crippen LogP contribution in [0, 0.1) is 0 Å². The van der Waals surface area contributed by atoms with E-state index in [-0.39, 0.29) is 12.5 Å². The molecule has 0 saturated carbocycles. The molecule has 2 atom stereocenters. The van der Waals surface area contributed by atoms with Crippen LogP contribution in [0.1, 0.15) is 35.7 Å². The Labute approximate surface area is 110 Å². The summed E-state index contributed by atoms with van der Waals surface area (Å²) in [6.45, 7) is 0.411. The van der Waals surface area contributed by atoms with Crippen molar-refractivity contribution in [3.05, 3.63) is 41.5 Å². The van der Waals surface area contributed by atoms with Crippen LogP contribution in [0.3, 0.4) is 0 Å². The lowest BCUT2D eigenvalue weighted by Crippen LogP contribution is -2.17. The summed E-state index contributed by atoms with van der Waals surface area (Å²) in [4.78, 5) is 4.29. The third-order valence-electron chi connectivity index (χ3n) is 3.24. The lowest BCUT2D eigenvalue weighted by atomic mass is 9.93. The molecule has 1 aliphatic heterocycles. The summed E-state index contributed by atoms with van der Waals surface area (Å²) in [5.41, 5.74) is 6.72. The van der Waals surface area contributed by atoms with E-state index in [1.54, 1.807) is 0 Å². The summed E-state index contributed by atoms with van der Waals surface area (Å²) in [5, 5.41) is 12.8. The topological polar surface area (TPSA) is 94.4 Å². The van der Waals surface area contributed by atoms with Crippen LogP contribution in [0.4, 0.5) is 0 Å². The van der Waals surface area contributed by atoms with Crippen molar-refractivity contribution in [3.8, 4) is 5.75 Å². The minimum absolute atomic E-state index is 0.0251. The first kappa shape index (κ1) is 12.1. The van der Waals surface area contributed by atoms with Gasteiger partial charge < -0.3 is 20.1 Å². The average Bonchev–Trinajstić information content (AvgIpc) is 2.95. The number of fused-ring (bicyclic) bond motifs is 1. The van der Waals surface area contributed by atoms with Crippen molar-refractivity contribution in [2.75, 3.05) is 13.2 Å². The fourth-order valence-corrected chi connectivity index (χ4v) is 2.22. The van der Waals surface area contributed by atoms with Crippen LogP contribution in [0.25, 0.3) is 0 Å². The van der Waals surface area contributed by atoms with Crippen LogP contribution in [-0.4, -0.2) is 28.5 Å². The van der Waals surface area contributed by atoms with Crippen molar-refractivity contribution in [2.24, 2.45) is 5.73 Å². The minimum atomic E-state index is -0.604. The number of nitrogens with two attached hydrogens (primary N) is 1. The Kier molecular flexibility index (Phi) is 3.18. The molecule has 19 heavy (non-hydrogen) atoms. The second-order valence-electron chi connectivity index (χ2n) is 4.51. The van der Waals surface area contributed by atoms with Gasteiger partial charge in [-0.2, -0.15) is 4.98 Å². The molecule has 3 rings (SSSR count). The highest BCUT2D eigenvalue weighted by Gasteiger charge is 2.28. The van der Waals surface area contributed by atoms with Gasteiger partial charge in [0.05, 0.1) is 25.2 Å². The molecule has 0 saturated heterocycles. The minimum Gasteiger partial charge on any atom is -0.493 e. The van der Waals surface area contributed by atoms with Gasteiger partial charge in [-0.15, -0.1) is 0 Å². The zero-order valence-electron chi connectivity index (χ0n) is 10.3. The predicted molar refractivity (Wildman–Crippen MR) is 66.7 cm³/mol. The molecule has 0 aliphatic carbocycles. The van der Waals surface area contributed by atoms with Crippen LogP contribution >= 0.6 is 0 Å². The molecule has 6 nitrogen and oxygen atoms in total. The van der Waals surface area contributed by atoms with Crippen molar-refractivity contribution < 1.29 is 14.4 Å². The van der Waals surface area contributed by atoms with Gasteiger partial charge in [-0.25, -0.2) is 0 Å². The number of aliphatic hydroxyl groups excluding tert-OH is 1. The molecule has 2 aromatic rings. The van der Waals surface area contributed by atoms with Crippen LogP contribution in [0.5, 0.6) is 5.75 Å². The number of para-hydroxylation sites is 1. The molecule has 0 radical (unpaired) electrons. The molecule has 0 fully saturated rings. The monoisotopic (exact) mass is 261 g/mol. The van der Waals surface area contributed by atoms with Gasteiger partial charge in [0.2, 0.25) is 5.89 Å². The molecule has 6 heteroatoms. The first-order valence-electron chi connectivity index (χ1n) is 6.21. The predicted octanol–water partition coefficient (Wildman–Crippen LogP) is 0.976. The molecule has 0 bridgehead atoms. The number of nitrogens with zero attached hydrogens (tertiary/aromatic N) is 2. The third-order valence-corrected chi connectivity index (χ3v) is 3.24. The molecule has 1 aromatic carbocycles. The smallest absolute Gasteiger partial charge is 0.234 e. The van der Waals surface area contributed by atoms with Crippen LogP contribution in [0.15, 0.2) is 28.8 Å². The van der Waals surface area contributed by atoms with Crippen molar-refractivity contribution in [1.82, 2.24) is 10.1 Å². The molecule has 0 amide bonds. The van der Waals surface area contributed by atoms with Crippen LogP contribution in [0.2, 0.25) is 0 Å². The third kappa shape index (κ3) is 2.20. The molecule has 3 N–H and O–H groups in total. The largest absolute Gasteiger partial charge is 0.493 e. The van der Waals surface area contributed by atoms with Crippen molar-refractivity contribution in [3.63, 3.8) is 0 Å². The molecule has 1 aliphatic rings. The summed E-state index contributed by atoms with van der Waals surface area (Å²) in [6.07, 6.45) is 0.785. The number of aromatic nitrogens is 2. The average molecular weight is 261 g/mol. The molecular weight excluding hydrogens is 246 g/mol. The second kappa shape index (κ2) is 4.99. The van der Waals surface area contributed by atoms with Gasteiger partial charge >= 0.3 is 0 Å². The number of aliphatic hydroxyl groups is 1. The van der Waals surface area contributed by atoms with E-state index in [9.17, 15) is 0 Å². The highest BCUT2D eigenvalue weighted by atomic mass is 16.5. The summed E-state index contributed by atoms with van der Waals surface area (Å²) in [5.74, 6) is 1.73. The van der Waals surface area contributed by atoms with Gasteiger partial charge in [0, 0.05) is 5.56 Å². The Morgan fingerprint density at radius 1 is 1.42 bits per heavy atom. The van der Waals surface area contributed by atoms with Gasteiger partial charge in [-0.05, 0) is 12.5 Å². The van der Waals surface area contributed by atoms with Gasteiger partial charge in [-0.1, -0.05) is 23.4 Å². The Hall–Kier alpha value is -1.92. The highest BCUT2D eigenvalue weighted by molar-refractivity contribution is 5.40. The van der Waals surface area contributed by atoms with Crippen LogP contribution < -0.4 is 10.5 Å². The van der Waals surface area contributed by atoms with Gasteiger partial charge in [-0.3, -0.25) is 0 Å². The fraction of sp³-hybridized carbons (Fsp3) is 0.385. The number of hydrogen-bond acceptors (Lipinski definition) is 6. The van der Waals surface area contributed by atoms with E-state index >= 15 is 0 Å². The van der Waals surface area contributed by atoms with Gasteiger partial charge in [0.1, 0.15) is 5.75 Å². The summed E-state index contributed by atoms with van der Waals surface area (Å²) in [7, 11) is 0. The van der Waals surface area contributed by atoms with Crippen molar-refractivity contribution >= 4 is 0 Å². The van der Waals surface area contributed by atoms with E-state index < -0.39 is 6.04 Å². The number of ether oxygens (including phenoxy) is 1. The molecule has 2 unspecified atom stereocenters. The summed E-state index contributed by atoms with van der Waals surface area (Å²) < 4.78 is 10.9. The normalized spacial score (nSPS) is 19.6. The van der Waals surface area contributed by atoms with E-state index in [2.05, 4.69) is 10.1 Å². The Bertz CT molecular complexity index is 570. The molecule has 0 spiro atoms. The highest BCUT2D eigenvalue weighted by Crippen LogP contribution is 2.37. The number of benzene rings is 1. The van der Waals surface area contributed by atoms with E-state index in [4.69, 9.17) is 20.1 Å². The fourth-order valence-electron chi connectivity index (χ4n) is 2.22. The SMILES string of the molecule is NC(CO)c1noc(C2CCOc3ccccc32)n1. The maximum absolute atomic E-state index is 9.00. The lowest BCUT2D eigenvalue weighted by Gasteiger charge is -2.22. The first-order chi connectivity index (χ1) is 9.29. The summed E-state index contributed by atoms with van der Waals surface area (Å²) >= 11 is 0. The van der Waals surface area contributed by atoms with Crippen molar-refractivity contribution in [1.29, 1.82) is 0 Å². The molecular formula is C13H15N3O3. The van der Waals surface area contributed by atoms with E-state index in [1.165, 1.54) is 0 Å². The molecule has 1 aromatic heterocycles.